The number of pyridine rings is 1. The molecule has 206 valence electrons. The number of carbonyl (C=O) groups excluding carboxylic acids is 2. The van der Waals surface area contributed by atoms with Crippen LogP contribution >= 0.6 is 0 Å². The molecule has 1 atom stereocenters. The number of halogens is 3. The number of ether oxygens (including phenoxy) is 2. The number of aromatic nitrogens is 1. The van der Waals surface area contributed by atoms with Crippen LogP contribution in [0.4, 0.5) is 24.5 Å². The van der Waals surface area contributed by atoms with Crippen molar-refractivity contribution < 1.29 is 32.2 Å². The molecule has 1 amide bonds. The summed E-state index contributed by atoms with van der Waals surface area (Å²) in [6.45, 7) is 1.02. The largest absolute Gasteiger partial charge is 0.495 e. The maximum Gasteiger partial charge on any atom is 0.418 e. The quantitative estimate of drug-likeness (QED) is 0.293. The minimum Gasteiger partial charge on any atom is -0.495 e. The lowest BCUT2D eigenvalue weighted by Gasteiger charge is -2.26. The van der Waals surface area contributed by atoms with Crippen molar-refractivity contribution in [1.29, 1.82) is 0 Å². The molecule has 1 aliphatic heterocycles. The molecule has 0 bridgehead atoms. The van der Waals surface area contributed by atoms with Gasteiger partial charge >= 0.3 is 6.18 Å². The molecule has 7 nitrogen and oxygen atoms in total. The highest BCUT2D eigenvalue weighted by atomic mass is 19.4. The van der Waals surface area contributed by atoms with Gasteiger partial charge in [0, 0.05) is 37.0 Å². The zero-order chi connectivity index (χ0) is 27.9. The second kappa shape index (κ2) is 12.3. The Balaban J connectivity index is 1.31. The van der Waals surface area contributed by atoms with Crippen LogP contribution < -0.4 is 15.4 Å². The maximum atomic E-state index is 13.3. The van der Waals surface area contributed by atoms with Gasteiger partial charge in [-0.15, -0.1) is 0 Å². The third kappa shape index (κ3) is 7.14. The predicted molar refractivity (Wildman–Crippen MR) is 140 cm³/mol. The van der Waals surface area contributed by atoms with E-state index in [4.69, 9.17) is 9.47 Å². The molecule has 10 heteroatoms. The number of rotatable bonds is 11. The molecule has 0 saturated carbocycles. The molecule has 39 heavy (non-hydrogen) atoms. The number of nitrogens with zero attached hydrogens (tertiary/aromatic N) is 1. The van der Waals surface area contributed by atoms with Crippen molar-refractivity contribution in [2.45, 2.75) is 38.4 Å². The number of alkyl halides is 3. The lowest BCUT2D eigenvalue weighted by Crippen LogP contribution is -2.41. The molecule has 0 spiro atoms. The number of nitrogens with one attached hydrogen (secondary N) is 2. The highest BCUT2D eigenvalue weighted by molar-refractivity contribution is 5.96. The Hall–Kier alpha value is -3.92. The maximum absolute atomic E-state index is 13.3. The Morgan fingerprint density at radius 1 is 1.10 bits per heavy atom. The molecule has 1 fully saturated rings. The topological polar surface area (TPSA) is 89.5 Å². The molecule has 2 aromatic carbocycles. The molecule has 0 radical (unpaired) electrons. The number of benzene rings is 2. The van der Waals surface area contributed by atoms with E-state index in [1.54, 1.807) is 30.3 Å². The van der Waals surface area contributed by atoms with Crippen molar-refractivity contribution in [2.75, 3.05) is 25.6 Å². The highest BCUT2D eigenvalue weighted by Crippen LogP contribution is 2.36. The second-order valence-electron chi connectivity index (χ2n) is 9.52. The summed E-state index contributed by atoms with van der Waals surface area (Å²) in [5.74, 6) is 0.301. The van der Waals surface area contributed by atoms with Crippen LogP contribution in [0.5, 0.6) is 5.75 Å². The van der Waals surface area contributed by atoms with Crippen LogP contribution in [0, 0.1) is 5.41 Å². The Morgan fingerprint density at radius 2 is 1.87 bits per heavy atom. The summed E-state index contributed by atoms with van der Waals surface area (Å²) in [5, 5.41) is 5.78. The van der Waals surface area contributed by atoms with E-state index in [-0.39, 0.29) is 37.0 Å². The molecule has 1 aromatic heterocycles. The predicted octanol–water partition coefficient (Wildman–Crippen LogP) is 5.93. The lowest BCUT2D eigenvalue weighted by molar-refractivity contribution is -0.137. The Kier molecular flexibility index (Phi) is 8.86. The zero-order valence-electron chi connectivity index (χ0n) is 21.5. The Morgan fingerprint density at radius 3 is 2.56 bits per heavy atom. The number of ketones is 1. The first-order valence-electron chi connectivity index (χ1n) is 12.6. The molecular weight excluding hydrogens is 511 g/mol. The Labute approximate surface area is 224 Å². The van der Waals surface area contributed by atoms with Gasteiger partial charge in [-0.3, -0.25) is 14.6 Å². The molecule has 4 rings (SSSR count). The van der Waals surface area contributed by atoms with Gasteiger partial charge in [0.25, 0.3) is 0 Å². The number of hydrogen-bond acceptors (Lipinski definition) is 6. The van der Waals surface area contributed by atoms with Gasteiger partial charge in [0.2, 0.25) is 5.91 Å². The SMILES string of the molecule is COc1cncc(C(=O)CCCC2(C(=O)NCc3ccc(Nc4ccccc4C(F)(F)F)cc3)CCOC2)c1. The molecule has 3 aromatic rings. The third-order valence-electron chi connectivity index (χ3n) is 6.83. The van der Waals surface area contributed by atoms with Gasteiger partial charge in [-0.05, 0) is 55.2 Å². The summed E-state index contributed by atoms with van der Waals surface area (Å²) in [4.78, 5) is 29.8. The Bertz CT molecular complexity index is 1290. The van der Waals surface area contributed by atoms with Gasteiger partial charge in [-0.1, -0.05) is 24.3 Å². The van der Waals surface area contributed by atoms with Crippen LogP contribution in [-0.4, -0.2) is 37.0 Å². The van der Waals surface area contributed by atoms with Crippen molar-refractivity contribution in [1.82, 2.24) is 10.3 Å². The van der Waals surface area contributed by atoms with Gasteiger partial charge in [0.1, 0.15) is 5.75 Å². The summed E-state index contributed by atoms with van der Waals surface area (Å²) in [6, 6.07) is 13.8. The standard InChI is InChI=1S/C29H30F3N3O4/c1-38-23-15-21(17-33-18-23)26(36)7-4-12-28(13-14-39-19-28)27(37)34-16-20-8-10-22(11-9-20)35-25-6-3-2-5-24(25)29(30,31)32/h2-3,5-6,8-11,15,17-18,35H,4,7,12-14,16,19H2,1H3,(H,34,37). The van der Waals surface area contributed by atoms with Crippen molar-refractivity contribution >= 4 is 23.1 Å². The highest BCUT2D eigenvalue weighted by Gasteiger charge is 2.41. The minimum atomic E-state index is -4.46. The number of amides is 1. The fourth-order valence-corrected chi connectivity index (χ4v) is 4.58. The van der Waals surface area contributed by atoms with Crippen molar-refractivity contribution in [3.05, 3.63) is 83.7 Å². The van der Waals surface area contributed by atoms with E-state index in [9.17, 15) is 22.8 Å². The summed E-state index contributed by atoms with van der Waals surface area (Å²) in [6.07, 6.45) is 0.430. The number of anilines is 2. The molecule has 2 N–H and O–H groups in total. The molecule has 1 unspecified atom stereocenters. The zero-order valence-corrected chi connectivity index (χ0v) is 21.5. The van der Waals surface area contributed by atoms with Gasteiger partial charge < -0.3 is 20.1 Å². The smallest absolute Gasteiger partial charge is 0.418 e. The van der Waals surface area contributed by atoms with Crippen molar-refractivity contribution in [3.8, 4) is 5.75 Å². The number of hydrogen-bond donors (Lipinski definition) is 2. The molecular formula is C29H30F3N3O4. The van der Waals surface area contributed by atoms with E-state index in [1.807, 2.05) is 0 Å². The van der Waals surface area contributed by atoms with Gasteiger partial charge in [0.05, 0.1) is 36.6 Å². The van der Waals surface area contributed by atoms with Crippen LogP contribution in [0.25, 0.3) is 0 Å². The number of carbonyl (C=O) groups is 2. The van der Waals surface area contributed by atoms with E-state index in [2.05, 4.69) is 15.6 Å². The molecule has 1 saturated heterocycles. The number of methoxy groups -OCH3 is 1. The van der Waals surface area contributed by atoms with Crippen LogP contribution in [0.15, 0.2) is 67.0 Å². The van der Waals surface area contributed by atoms with E-state index >= 15 is 0 Å². The lowest BCUT2D eigenvalue weighted by atomic mass is 9.80. The summed E-state index contributed by atoms with van der Waals surface area (Å²) in [5.41, 5.74) is 0.277. The first kappa shape index (κ1) is 28.1. The number of para-hydroxylation sites is 1. The second-order valence-corrected chi connectivity index (χ2v) is 9.52. The number of Topliss-reactive ketones (excluding diaryl/α,β-unsaturated/α-hetero) is 1. The van der Waals surface area contributed by atoms with Crippen molar-refractivity contribution in [2.24, 2.45) is 5.41 Å². The molecule has 1 aliphatic rings. The first-order chi connectivity index (χ1) is 18.7. The van der Waals surface area contributed by atoms with Gasteiger partial charge in [-0.25, -0.2) is 0 Å². The average molecular weight is 542 g/mol. The van der Waals surface area contributed by atoms with Crippen LogP contribution in [-0.2, 0) is 22.3 Å². The summed E-state index contributed by atoms with van der Waals surface area (Å²) >= 11 is 0. The van der Waals surface area contributed by atoms with E-state index < -0.39 is 17.2 Å². The normalized spacial score (nSPS) is 17.0. The van der Waals surface area contributed by atoms with Crippen LogP contribution in [0.3, 0.4) is 0 Å². The monoisotopic (exact) mass is 541 g/mol. The van der Waals surface area contributed by atoms with Crippen LogP contribution in [0.2, 0.25) is 0 Å². The molecule has 0 aliphatic carbocycles. The van der Waals surface area contributed by atoms with E-state index in [0.29, 0.717) is 42.9 Å². The summed E-state index contributed by atoms with van der Waals surface area (Å²) < 4.78 is 50.5. The fraction of sp³-hybridized carbons (Fsp3) is 0.345. The van der Waals surface area contributed by atoms with Gasteiger partial charge in [-0.2, -0.15) is 13.2 Å². The van der Waals surface area contributed by atoms with Crippen LogP contribution in [0.1, 0.15) is 47.2 Å². The third-order valence-corrected chi connectivity index (χ3v) is 6.83. The van der Waals surface area contributed by atoms with E-state index in [1.165, 1.54) is 37.7 Å². The van der Waals surface area contributed by atoms with Crippen molar-refractivity contribution in [3.63, 3.8) is 0 Å². The first-order valence-corrected chi connectivity index (χ1v) is 12.6. The summed E-state index contributed by atoms with van der Waals surface area (Å²) in [7, 11) is 1.51. The van der Waals surface area contributed by atoms with Gasteiger partial charge in [0.15, 0.2) is 5.78 Å². The van der Waals surface area contributed by atoms with E-state index in [0.717, 1.165) is 11.6 Å². The molecule has 2 heterocycles. The average Bonchev–Trinajstić information content (AvgIpc) is 3.42. The minimum absolute atomic E-state index is 0.0321. The fourth-order valence-electron chi connectivity index (χ4n) is 4.58.